The summed E-state index contributed by atoms with van der Waals surface area (Å²) >= 11 is 8.95. The highest BCUT2D eigenvalue weighted by atomic mass is 35.5. The van der Waals surface area contributed by atoms with E-state index in [1.54, 1.807) is 0 Å². The van der Waals surface area contributed by atoms with Gasteiger partial charge in [-0.1, -0.05) is 18.5 Å². The molecule has 3 aromatic rings. The zero-order chi connectivity index (χ0) is 21.3. The Balaban J connectivity index is 1.81. The van der Waals surface area contributed by atoms with Crippen LogP contribution in [0.1, 0.15) is 54.3 Å². The van der Waals surface area contributed by atoms with Crippen molar-refractivity contribution >= 4 is 51.2 Å². The third kappa shape index (κ3) is 4.24. The summed E-state index contributed by atoms with van der Waals surface area (Å²) in [4.78, 5) is 26.6. The van der Waals surface area contributed by atoms with Gasteiger partial charge in [-0.2, -0.15) is 5.10 Å². The van der Waals surface area contributed by atoms with Crippen LogP contribution >= 0.6 is 34.3 Å². The van der Waals surface area contributed by atoms with Gasteiger partial charge >= 0.3 is 5.97 Å². The Bertz CT molecular complexity index is 1080. The molecule has 0 saturated carbocycles. The van der Waals surface area contributed by atoms with Crippen molar-refractivity contribution in [1.82, 2.24) is 9.78 Å². The maximum atomic E-state index is 12.8. The first-order valence-electron chi connectivity index (χ1n) is 9.05. The molecule has 9 heteroatoms. The van der Waals surface area contributed by atoms with E-state index < -0.39 is 5.97 Å². The number of hydrogen-bond acceptors (Lipinski definition) is 6. The predicted molar refractivity (Wildman–Crippen MR) is 118 cm³/mol. The van der Waals surface area contributed by atoms with E-state index in [9.17, 15) is 9.59 Å². The molecule has 0 saturated heterocycles. The van der Waals surface area contributed by atoms with E-state index in [1.807, 2.05) is 43.8 Å². The van der Waals surface area contributed by atoms with Crippen LogP contribution in [0.3, 0.4) is 0 Å². The number of esters is 1. The van der Waals surface area contributed by atoms with E-state index in [2.05, 4.69) is 10.4 Å². The van der Waals surface area contributed by atoms with Gasteiger partial charge in [-0.25, -0.2) is 4.79 Å². The molecule has 6 nitrogen and oxygen atoms in total. The molecule has 0 aliphatic heterocycles. The summed E-state index contributed by atoms with van der Waals surface area (Å²) in [6.07, 6.45) is 0.691. The molecule has 0 aliphatic rings. The smallest absolute Gasteiger partial charge is 0.341 e. The first kappa shape index (κ1) is 21.5. The number of amides is 1. The SMILES string of the molecule is CCc1c(C)sc(NC(=O)c2cc(Cn3nc(C)c(Cl)c3C)cs2)c1C(=O)OC. The van der Waals surface area contributed by atoms with Crippen molar-refractivity contribution in [2.75, 3.05) is 12.4 Å². The standard InChI is InChI=1S/C20H22ClN3O3S2/c1-6-14-12(4)29-19(16(14)20(26)27-5)22-18(25)15-7-13(9-28-15)8-24-11(3)17(21)10(2)23-24/h7,9H,6,8H2,1-5H3,(H,22,25). The summed E-state index contributed by atoms with van der Waals surface area (Å²) in [7, 11) is 1.34. The van der Waals surface area contributed by atoms with Gasteiger partial charge in [-0.05, 0) is 49.8 Å². The van der Waals surface area contributed by atoms with Crippen LogP contribution in [0, 0.1) is 20.8 Å². The van der Waals surface area contributed by atoms with E-state index >= 15 is 0 Å². The summed E-state index contributed by atoms with van der Waals surface area (Å²) in [5.41, 5.74) is 4.00. The van der Waals surface area contributed by atoms with Crippen molar-refractivity contribution < 1.29 is 14.3 Å². The first-order valence-corrected chi connectivity index (χ1v) is 11.1. The van der Waals surface area contributed by atoms with Crippen molar-refractivity contribution in [3.63, 3.8) is 0 Å². The third-order valence-corrected chi connectivity index (χ3v) is 7.27. The number of nitrogens with zero attached hydrogens (tertiary/aromatic N) is 2. The predicted octanol–water partition coefficient (Wildman–Crippen LogP) is 5.23. The summed E-state index contributed by atoms with van der Waals surface area (Å²) < 4.78 is 6.74. The average Bonchev–Trinajstić information content (AvgIpc) is 3.35. The van der Waals surface area contributed by atoms with Gasteiger partial charge in [0, 0.05) is 4.88 Å². The van der Waals surface area contributed by atoms with Crippen LogP contribution in [0.2, 0.25) is 5.02 Å². The van der Waals surface area contributed by atoms with E-state index in [0.717, 1.165) is 27.4 Å². The van der Waals surface area contributed by atoms with Gasteiger partial charge in [0.1, 0.15) is 5.00 Å². The normalized spacial score (nSPS) is 11.0. The van der Waals surface area contributed by atoms with Crippen molar-refractivity contribution in [1.29, 1.82) is 0 Å². The van der Waals surface area contributed by atoms with Gasteiger partial charge in [0.2, 0.25) is 0 Å². The topological polar surface area (TPSA) is 73.2 Å². The van der Waals surface area contributed by atoms with E-state index in [4.69, 9.17) is 16.3 Å². The fourth-order valence-electron chi connectivity index (χ4n) is 3.15. The molecule has 0 atom stereocenters. The molecule has 1 N–H and O–H groups in total. The molecule has 0 spiro atoms. The highest BCUT2D eigenvalue weighted by Gasteiger charge is 2.24. The molecule has 0 aromatic carbocycles. The minimum atomic E-state index is -0.435. The molecule has 0 aliphatic carbocycles. The molecule has 3 rings (SSSR count). The number of aromatic nitrogens is 2. The second kappa shape index (κ2) is 8.69. The van der Waals surface area contributed by atoms with Crippen LogP contribution in [-0.4, -0.2) is 28.8 Å². The largest absolute Gasteiger partial charge is 0.465 e. The van der Waals surface area contributed by atoms with Crippen LogP contribution in [0.25, 0.3) is 0 Å². The lowest BCUT2D eigenvalue weighted by molar-refractivity contribution is 0.0601. The Morgan fingerprint density at radius 2 is 2.03 bits per heavy atom. The molecular formula is C20H22ClN3O3S2. The van der Waals surface area contributed by atoms with Gasteiger partial charge in [0.15, 0.2) is 0 Å². The Morgan fingerprint density at radius 1 is 1.31 bits per heavy atom. The number of carbonyl (C=O) groups excluding carboxylic acids is 2. The number of thiophene rings is 2. The zero-order valence-corrected chi connectivity index (χ0v) is 19.3. The summed E-state index contributed by atoms with van der Waals surface area (Å²) in [5.74, 6) is -0.684. The fourth-order valence-corrected chi connectivity index (χ4v) is 5.22. The highest BCUT2D eigenvalue weighted by Crippen LogP contribution is 2.34. The van der Waals surface area contributed by atoms with Gasteiger partial charge in [-0.15, -0.1) is 22.7 Å². The maximum Gasteiger partial charge on any atom is 0.341 e. The van der Waals surface area contributed by atoms with Crippen LogP contribution in [0.15, 0.2) is 11.4 Å². The lowest BCUT2D eigenvalue weighted by Crippen LogP contribution is -2.13. The third-order valence-electron chi connectivity index (χ3n) is 4.68. The molecule has 1 amide bonds. The number of anilines is 1. The molecule has 0 radical (unpaired) electrons. The van der Waals surface area contributed by atoms with E-state index in [1.165, 1.54) is 29.8 Å². The van der Waals surface area contributed by atoms with Crippen LogP contribution in [0.5, 0.6) is 0 Å². The number of ether oxygens (including phenoxy) is 1. The molecule has 29 heavy (non-hydrogen) atoms. The zero-order valence-electron chi connectivity index (χ0n) is 16.9. The second-order valence-corrected chi connectivity index (χ2v) is 9.12. The molecule has 154 valence electrons. The molecule has 0 unspecified atom stereocenters. The van der Waals surface area contributed by atoms with Gasteiger partial charge in [0.05, 0.1) is 40.5 Å². The number of aryl methyl sites for hydroxylation is 2. The first-order chi connectivity index (χ1) is 13.8. The average molecular weight is 452 g/mol. The minimum absolute atomic E-state index is 0.248. The Labute approximate surface area is 182 Å². The Morgan fingerprint density at radius 3 is 2.62 bits per heavy atom. The monoisotopic (exact) mass is 451 g/mol. The number of hydrogen-bond donors (Lipinski definition) is 1. The fraction of sp³-hybridized carbons (Fsp3) is 0.350. The molecule has 3 aromatic heterocycles. The highest BCUT2D eigenvalue weighted by molar-refractivity contribution is 7.17. The van der Waals surface area contributed by atoms with Crippen molar-refractivity contribution in [3.05, 3.63) is 54.3 Å². The van der Waals surface area contributed by atoms with Crippen molar-refractivity contribution in [2.45, 2.75) is 40.7 Å². The van der Waals surface area contributed by atoms with Crippen LogP contribution in [0.4, 0.5) is 5.00 Å². The summed E-state index contributed by atoms with van der Waals surface area (Å²) in [5, 5.41) is 10.4. The van der Waals surface area contributed by atoms with E-state index in [-0.39, 0.29) is 5.91 Å². The number of rotatable bonds is 6. The lowest BCUT2D eigenvalue weighted by atomic mass is 10.1. The van der Waals surface area contributed by atoms with Crippen molar-refractivity contribution in [2.24, 2.45) is 0 Å². The van der Waals surface area contributed by atoms with Gasteiger partial charge < -0.3 is 10.1 Å². The molecule has 0 bridgehead atoms. The van der Waals surface area contributed by atoms with Crippen LogP contribution in [-0.2, 0) is 17.7 Å². The Hall–Kier alpha value is -2.16. The molecule has 0 fully saturated rings. The Kier molecular flexibility index (Phi) is 6.45. The second-order valence-electron chi connectivity index (χ2n) is 6.60. The molecule has 3 heterocycles. The maximum absolute atomic E-state index is 12.8. The number of halogens is 1. The van der Waals surface area contributed by atoms with Crippen molar-refractivity contribution in [3.8, 4) is 0 Å². The van der Waals surface area contributed by atoms with Gasteiger partial charge in [0.25, 0.3) is 5.91 Å². The molecular weight excluding hydrogens is 430 g/mol. The quantitative estimate of drug-likeness (QED) is 0.520. The minimum Gasteiger partial charge on any atom is -0.465 e. The number of nitrogens with one attached hydrogen (secondary N) is 1. The number of carbonyl (C=O) groups is 2. The summed E-state index contributed by atoms with van der Waals surface area (Å²) in [6.45, 7) is 8.23. The van der Waals surface area contributed by atoms with E-state index in [0.29, 0.717) is 33.4 Å². The van der Waals surface area contributed by atoms with Gasteiger partial charge in [-0.3, -0.25) is 9.48 Å². The number of methoxy groups -OCH3 is 1. The lowest BCUT2D eigenvalue weighted by Gasteiger charge is -2.06. The summed E-state index contributed by atoms with van der Waals surface area (Å²) in [6, 6.07) is 1.84. The van der Waals surface area contributed by atoms with Crippen LogP contribution < -0.4 is 5.32 Å².